The highest BCUT2D eigenvalue weighted by atomic mass is 15.1. The molecule has 0 unspecified atom stereocenters. The molecule has 21 heavy (non-hydrogen) atoms. The number of rotatable bonds is 8. The van der Waals surface area contributed by atoms with Gasteiger partial charge in [0.25, 0.3) is 0 Å². The smallest absolute Gasteiger partial charge is 0.0177 e. The second-order valence-corrected chi connectivity index (χ2v) is 6.39. The van der Waals surface area contributed by atoms with Gasteiger partial charge in [-0.1, -0.05) is 57.7 Å². The zero-order valence-electron chi connectivity index (χ0n) is 14.3. The molecule has 0 bridgehead atoms. The highest BCUT2D eigenvalue weighted by Gasteiger charge is 2.19. The lowest BCUT2D eigenvalue weighted by molar-refractivity contribution is 0.224. The van der Waals surface area contributed by atoms with E-state index in [9.17, 15) is 0 Å². The molecule has 1 heterocycles. The molecule has 0 N–H and O–H groups in total. The van der Waals surface area contributed by atoms with Gasteiger partial charge < -0.3 is 4.90 Å². The zero-order valence-corrected chi connectivity index (χ0v) is 14.3. The van der Waals surface area contributed by atoms with E-state index < -0.39 is 0 Å². The monoisotopic (exact) mass is 287 g/mol. The molecule has 0 spiro atoms. The topological polar surface area (TPSA) is 3.24 Å². The lowest BCUT2D eigenvalue weighted by Crippen LogP contribution is -2.32. The van der Waals surface area contributed by atoms with Crippen LogP contribution in [0.1, 0.15) is 52.9 Å². The van der Waals surface area contributed by atoms with Gasteiger partial charge in [0.1, 0.15) is 0 Å². The van der Waals surface area contributed by atoms with Crippen molar-refractivity contribution in [2.45, 2.75) is 52.9 Å². The second kappa shape index (κ2) is 9.65. The van der Waals surface area contributed by atoms with Crippen molar-refractivity contribution in [1.82, 2.24) is 4.90 Å². The summed E-state index contributed by atoms with van der Waals surface area (Å²) in [5, 5.41) is 0. The first-order chi connectivity index (χ1) is 10.1. The van der Waals surface area contributed by atoms with E-state index in [4.69, 9.17) is 0 Å². The minimum atomic E-state index is 0.673. The molecule has 0 saturated carbocycles. The number of allylic oxidation sites excluding steroid dienone is 6. The van der Waals surface area contributed by atoms with E-state index in [2.05, 4.69) is 50.1 Å². The van der Waals surface area contributed by atoms with Crippen LogP contribution < -0.4 is 0 Å². The van der Waals surface area contributed by atoms with Crippen LogP contribution in [-0.4, -0.2) is 18.0 Å². The first-order valence-electron chi connectivity index (χ1n) is 8.47. The lowest BCUT2D eigenvalue weighted by Gasteiger charge is -2.34. The normalized spacial score (nSPS) is 19.0. The highest BCUT2D eigenvalue weighted by molar-refractivity contribution is 5.22. The average molecular weight is 287 g/mol. The molecule has 118 valence electrons. The van der Waals surface area contributed by atoms with Crippen LogP contribution in [0.5, 0.6) is 0 Å². The van der Waals surface area contributed by atoms with Crippen molar-refractivity contribution in [2.24, 2.45) is 11.8 Å². The number of piperidine rings is 1. The third kappa shape index (κ3) is 6.37. The molecule has 1 nitrogen and oxygen atoms in total. The number of hydrogen-bond donors (Lipinski definition) is 0. The summed E-state index contributed by atoms with van der Waals surface area (Å²) in [6.07, 6.45) is 14.4. The van der Waals surface area contributed by atoms with E-state index in [-0.39, 0.29) is 0 Å². The fraction of sp³-hybridized carbons (Fsp3) is 0.600. The summed E-state index contributed by atoms with van der Waals surface area (Å²) in [4.78, 5) is 2.51. The summed E-state index contributed by atoms with van der Waals surface area (Å²) in [6.45, 7) is 17.4. The van der Waals surface area contributed by atoms with Gasteiger partial charge in [0.2, 0.25) is 0 Å². The van der Waals surface area contributed by atoms with Crippen LogP contribution in [0.25, 0.3) is 0 Å². The Morgan fingerprint density at radius 3 is 2.48 bits per heavy atom. The number of likely N-dealkylation sites (tertiary alicyclic amines) is 1. The molecule has 1 rings (SSSR count). The molecule has 1 aliphatic heterocycles. The molecular weight excluding hydrogens is 254 g/mol. The van der Waals surface area contributed by atoms with Crippen LogP contribution in [0.3, 0.4) is 0 Å². The van der Waals surface area contributed by atoms with Gasteiger partial charge in [-0.2, -0.15) is 0 Å². The molecule has 0 aromatic carbocycles. The van der Waals surface area contributed by atoms with Crippen molar-refractivity contribution >= 4 is 0 Å². The SMILES string of the molecule is C=C/C(=C\C=C/C)C[C@@H](CC)CC(=C)N1CCC(C)CC1. The Balaban J connectivity index is 2.52. The van der Waals surface area contributed by atoms with Crippen molar-refractivity contribution in [3.8, 4) is 0 Å². The van der Waals surface area contributed by atoms with Crippen LogP contribution in [0.4, 0.5) is 0 Å². The molecule has 1 heteroatoms. The zero-order chi connectivity index (χ0) is 15.7. The van der Waals surface area contributed by atoms with Crippen LogP contribution in [0, 0.1) is 11.8 Å². The van der Waals surface area contributed by atoms with E-state index in [0.717, 1.165) is 18.8 Å². The summed E-state index contributed by atoms with van der Waals surface area (Å²) in [5.41, 5.74) is 2.67. The molecule has 1 atom stereocenters. The predicted molar refractivity (Wildman–Crippen MR) is 95.2 cm³/mol. The van der Waals surface area contributed by atoms with Gasteiger partial charge in [-0.05, 0) is 50.0 Å². The van der Waals surface area contributed by atoms with Gasteiger partial charge in [-0.3, -0.25) is 0 Å². The number of nitrogens with zero attached hydrogens (tertiary/aromatic N) is 1. The first kappa shape index (κ1) is 17.8. The van der Waals surface area contributed by atoms with Crippen LogP contribution >= 0.6 is 0 Å². The maximum atomic E-state index is 4.35. The van der Waals surface area contributed by atoms with E-state index in [1.807, 2.05) is 13.0 Å². The minimum Gasteiger partial charge on any atom is -0.375 e. The van der Waals surface area contributed by atoms with Crippen LogP contribution in [0.2, 0.25) is 0 Å². The first-order valence-corrected chi connectivity index (χ1v) is 8.47. The molecule has 0 radical (unpaired) electrons. The Kier molecular flexibility index (Phi) is 8.19. The Hall–Kier alpha value is -1.24. The van der Waals surface area contributed by atoms with E-state index in [1.165, 1.54) is 43.6 Å². The maximum absolute atomic E-state index is 4.35. The Morgan fingerprint density at radius 2 is 1.95 bits per heavy atom. The predicted octanol–water partition coefficient (Wildman–Crippen LogP) is 5.73. The summed E-state index contributed by atoms with van der Waals surface area (Å²) >= 11 is 0. The van der Waals surface area contributed by atoms with Gasteiger partial charge in [0.05, 0.1) is 0 Å². The van der Waals surface area contributed by atoms with Crippen LogP contribution in [0.15, 0.2) is 48.7 Å². The quantitative estimate of drug-likeness (QED) is 0.515. The molecule has 0 aromatic rings. The Morgan fingerprint density at radius 1 is 1.29 bits per heavy atom. The largest absolute Gasteiger partial charge is 0.375 e. The summed E-state index contributed by atoms with van der Waals surface area (Å²) in [5.74, 6) is 1.55. The molecule has 0 amide bonds. The minimum absolute atomic E-state index is 0.673. The van der Waals surface area contributed by atoms with Crippen molar-refractivity contribution in [3.05, 3.63) is 48.7 Å². The fourth-order valence-corrected chi connectivity index (χ4v) is 2.92. The summed E-state index contributed by atoms with van der Waals surface area (Å²) in [7, 11) is 0. The number of hydrogen-bond acceptors (Lipinski definition) is 1. The van der Waals surface area contributed by atoms with Gasteiger partial charge in [-0.15, -0.1) is 0 Å². The summed E-state index contributed by atoms with van der Waals surface area (Å²) in [6, 6.07) is 0. The van der Waals surface area contributed by atoms with Gasteiger partial charge in [-0.25, -0.2) is 0 Å². The molecule has 1 fully saturated rings. The third-order valence-corrected chi connectivity index (χ3v) is 4.62. The van der Waals surface area contributed by atoms with Gasteiger partial charge in [0, 0.05) is 18.8 Å². The van der Waals surface area contributed by atoms with Crippen LogP contribution in [-0.2, 0) is 0 Å². The molecule has 1 saturated heterocycles. The van der Waals surface area contributed by atoms with Crippen molar-refractivity contribution in [2.75, 3.05) is 13.1 Å². The van der Waals surface area contributed by atoms with Gasteiger partial charge >= 0.3 is 0 Å². The molecule has 0 aromatic heterocycles. The van der Waals surface area contributed by atoms with Gasteiger partial charge in [0.15, 0.2) is 0 Å². The van der Waals surface area contributed by atoms with E-state index in [0.29, 0.717) is 5.92 Å². The van der Waals surface area contributed by atoms with E-state index in [1.54, 1.807) is 0 Å². The highest BCUT2D eigenvalue weighted by Crippen LogP contribution is 2.27. The molecule has 0 aliphatic carbocycles. The van der Waals surface area contributed by atoms with Crippen molar-refractivity contribution in [3.63, 3.8) is 0 Å². The Labute approximate surface area is 132 Å². The second-order valence-electron chi connectivity index (χ2n) is 6.39. The molecular formula is C20H33N. The van der Waals surface area contributed by atoms with Crippen molar-refractivity contribution in [1.29, 1.82) is 0 Å². The average Bonchev–Trinajstić information content (AvgIpc) is 2.50. The lowest BCUT2D eigenvalue weighted by atomic mass is 9.91. The third-order valence-electron chi connectivity index (χ3n) is 4.62. The fourth-order valence-electron chi connectivity index (χ4n) is 2.92. The van der Waals surface area contributed by atoms with E-state index >= 15 is 0 Å². The maximum Gasteiger partial charge on any atom is 0.0177 e. The molecule has 1 aliphatic rings. The summed E-state index contributed by atoms with van der Waals surface area (Å²) < 4.78 is 0. The Bertz CT molecular complexity index is 381. The van der Waals surface area contributed by atoms with Crippen molar-refractivity contribution < 1.29 is 0 Å². The standard InChI is InChI=1S/C20H33N/c1-6-9-10-19(7-2)16-20(8-3)15-18(5)21-13-11-17(4)12-14-21/h6-7,9-10,17,20H,2,5,8,11-16H2,1,3-4H3/b9-6-,19-10+/t20-/m0/s1.